The van der Waals surface area contributed by atoms with Crippen molar-refractivity contribution in [2.24, 2.45) is 35.5 Å². The third kappa shape index (κ3) is 16.9. The molecule has 5 atom stereocenters. The number of methoxy groups -OCH3 is 1. The number of anilines is 3. The summed E-state index contributed by atoms with van der Waals surface area (Å²) < 4.78 is 40.4. The first-order chi connectivity index (χ1) is 57.8. The van der Waals surface area contributed by atoms with Crippen LogP contribution < -0.4 is 32.0 Å². The lowest BCUT2D eigenvalue weighted by atomic mass is 9.83. The molecule has 0 amide bonds. The summed E-state index contributed by atoms with van der Waals surface area (Å²) in [6.07, 6.45) is 35.3. The number of halogens is 3. The van der Waals surface area contributed by atoms with Crippen LogP contribution >= 0.6 is 34.8 Å². The summed E-state index contributed by atoms with van der Waals surface area (Å²) in [6.45, 7) is 17.8. The number of aromatic nitrogens is 18. The van der Waals surface area contributed by atoms with Crippen molar-refractivity contribution < 1.29 is 27.7 Å². The normalized spacial score (nSPS) is 24.2. The van der Waals surface area contributed by atoms with E-state index >= 15 is 0 Å². The minimum atomic E-state index is -0.637. The Morgan fingerprint density at radius 2 is 0.857 bits per heavy atom. The molecule has 5 aliphatic carbocycles. The van der Waals surface area contributed by atoms with Crippen molar-refractivity contribution in [1.29, 1.82) is 0 Å². The number of morpholine rings is 2. The molecule has 119 heavy (non-hydrogen) atoms. The van der Waals surface area contributed by atoms with Crippen LogP contribution in [0.4, 0.5) is 17.8 Å². The molecule has 5 saturated carbocycles. The molecule has 30 nitrogen and oxygen atoms in total. The maximum Gasteiger partial charge on any atom is 0.439 e. The largest absolute Gasteiger partial charge is 0.439 e. The second-order valence-electron chi connectivity index (χ2n) is 34.8. The summed E-state index contributed by atoms with van der Waals surface area (Å²) >= 11 is 19.2. The van der Waals surface area contributed by atoms with Crippen LogP contribution in [0.25, 0.3) is 101 Å². The molecule has 3 saturated heterocycles. The lowest BCUT2D eigenvalue weighted by molar-refractivity contribution is -0.00958. The zero-order valence-corrected chi connectivity index (χ0v) is 70.4. The first kappa shape index (κ1) is 80.3. The van der Waals surface area contributed by atoms with Crippen LogP contribution in [-0.2, 0) is 33.8 Å². The van der Waals surface area contributed by atoms with Crippen LogP contribution in [0.2, 0.25) is 15.1 Å². The van der Waals surface area contributed by atoms with Gasteiger partial charge < -0.3 is 47.0 Å². The number of nitrogens with one attached hydrogen (secondary N) is 3. The first-order valence-electron chi connectivity index (χ1n) is 42.6. The van der Waals surface area contributed by atoms with Gasteiger partial charge in [-0.1, -0.05) is 117 Å². The van der Waals surface area contributed by atoms with Crippen LogP contribution in [0.5, 0.6) is 0 Å². The van der Waals surface area contributed by atoms with E-state index in [9.17, 15) is 14.4 Å². The van der Waals surface area contributed by atoms with Gasteiger partial charge in [-0.3, -0.25) is 34.0 Å². The monoisotopic (exact) mass is 1680 g/mol. The van der Waals surface area contributed by atoms with E-state index in [1.165, 1.54) is 89.9 Å². The van der Waals surface area contributed by atoms with Crippen LogP contribution in [0, 0.1) is 35.5 Å². The minimum Gasteiger partial charge on any atom is -0.386 e. The van der Waals surface area contributed by atoms with E-state index in [-0.39, 0.29) is 41.4 Å². The number of fused-ring (bicyclic) bond motifs is 5. The van der Waals surface area contributed by atoms with Gasteiger partial charge in [0.1, 0.15) is 17.1 Å². The zero-order valence-electron chi connectivity index (χ0n) is 68.1. The summed E-state index contributed by atoms with van der Waals surface area (Å²) in [6, 6.07) is 12.0. The summed E-state index contributed by atoms with van der Waals surface area (Å²) in [7, 11) is 1.78. The molecule has 3 aliphatic heterocycles. The molecule has 0 aromatic carbocycles. The molecule has 0 spiro atoms. The second-order valence-corrected chi connectivity index (χ2v) is 36.1. The van der Waals surface area contributed by atoms with E-state index in [0.29, 0.717) is 92.3 Å². The van der Waals surface area contributed by atoms with E-state index in [4.69, 9.17) is 92.4 Å². The second kappa shape index (κ2) is 34.4. The number of ether oxygens (including phenoxy) is 3. The lowest BCUT2D eigenvalue weighted by Gasteiger charge is -2.44. The molecule has 12 aromatic heterocycles. The van der Waals surface area contributed by atoms with Gasteiger partial charge >= 0.3 is 17.3 Å². The van der Waals surface area contributed by atoms with Crippen LogP contribution in [0.1, 0.15) is 169 Å². The van der Waals surface area contributed by atoms with Gasteiger partial charge in [0.05, 0.1) is 114 Å². The van der Waals surface area contributed by atoms with Crippen molar-refractivity contribution in [2.45, 2.75) is 225 Å². The highest BCUT2D eigenvalue weighted by Gasteiger charge is 2.43. The molecule has 20 rings (SSSR count). The molecule has 12 aromatic rings. The van der Waals surface area contributed by atoms with Gasteiger partial charge in [0.25, 0.3) is 5.89 Å². The van der Waals surface area contributed by atoms with E-state index < -0.39 is 17.3 Å². The highest BCUT2D eigenvalue weighted by molar-refractivity contribution is 6.31. The zero-order chi connectivity index (χ0) is 81.7. The topological polar surface area (TPSA) is 345 Å². The Kier molecular flexibility index (Phi) is 23.2. The number of H-pyrrole nitrogens is 3. The molecule has 4 unspecified atom stereocenters. The molecule has 8 aliphatic rings. The Morgan fingerprint density at radius 3 is 1.26 bits per heavy atom. The number of hydrogen-bond donors (Lipinski definition) is 3. The predicted octanol–water partition coefficient (Wildman–Crippen LogP) is 16.2. The highest BCUT2D eigenvalue weighted by Crippen LogP contribution is 2.46. The Morgan fingerprint density at radius 1 is 0.454 bits per heavy atom. The van der Waals surface area contributed by atoms with E-state index in [1.807, 2.05) is 36.4 Å². The Bertz CT molecular complexity index is 5600. The van der Waals surface area contributed by atoms with Gasteiger partial charge in [-0.05, 0) is 169 Å². The molecule has 8 fully saturated rings. The molecule has 15 heterocycles. The van der Waals surface area contributed by atoms with E-state index in [1.54, 1.807) is 44.3 Å². The van der Waals surface area contributed by atoms with Gasteiger partial charge in [0.2, 0.25) is 29.5 Å². The van der Waals surface area contributed by atoms with Crippen LogP contribution in [0.15, 0.2) is 101 Å². The van der Waals surface area contributed by atoms with Crippen molar-refractivity contribution in [1.82, 2.24) is 89.0 Å². The van der Waals surface area contributed by atoms with Crippen molar-refractivity contribution in [3.8, 4) is 68.4 Å². The third-order valence-corrected chi connectivity index (χ3v) is 27.0. The fourth-order valence-electron chi connectivity index (χ4n) is 19.9. The fourth-order valence-corrected chi connectivity index (χ4v) is 20.4. The average molecular weight is 1680 g/mol. The number of rotatable bonds is 17. The first-order valence-corrected chi connectivity index (χ1v) is 43.8. The number of nitrogens with zero attached hydrogens (tertiary/aromatic N) is 18. The Hall–Kier alpha value is -9.72. The fraction of sp³-hybridized carbons (Fsp3) is 0.547. The standard InChI is InChI=1S/C29H34ClN7O3.C29H36ClN7O3.C28H32ClN7O3/c1-17-6-8-18(9-7-17)16-37-26-21(33-28(37)36-10-11-39-24-5-3-2-4-23(24)36)13-22(27-34-29(38)40-35-27)32-25(26)19-12-20(30)15-31-14-19;1-17-7-9-18(10-8-17)16-37-25-21(33-27(37)36-11-5-6-23(36)29(2,3)39-4)13-22(26-34-28(38)40-35-26)32-24(25)19-12-20(30)15-31-14-19;1-16-5-7-17(8-6-16)15-36-25-20(32-27(36)35-9-10-38-23-4-2-3-22(23)35)12-21(26-33-34-28(37)39-26)31-24(25)18-11-19(29)14-30-13-18/h12-15,17-18,23-24H,2-11,16H2,1H3,(H,34,35,38);12-15,17-18,23H,5-11,16H2,1-4H3,(H,34,35,38);11-14,16-17,22-23H,2-10,15H2,1H3,(H,34,37)/t;17?,18?,23-;/m.0./s1. The number of aromatic amines is 3. The summed E-state index contributed by atoms with van der Waals surface area (Å²) in [5.41, 5.74) is 10.6. The lowest BCUT2D eigenvalue weighted by Crippen LogP contribution is -2.53. The van der Waals surface area contributed by atoms with E-state index in [0.717, 1.165) is 170 Å². The Labute approximate surface area is 702 Å². The molecule has 33 heteroatoms. The summed E-state index contributed by atoms with van der Waals surface area (Å²) in [5.74, 6) is 5.58. The van der Waals surface area contributed by atoms with E-state index in [2.05, 4.69) is 108 Å². The molecule has 626 valence electrons. The van der Waals surface area contributed by atoms with Crippen molar-refractivity contribution in [3.63, 3.8) is 0 Å². The predicted molar refractivity (Wildman–Crippen MR) is 455 cm³/mol. The summed E-state index contributed by atoms with van der Waals surface area (Å²) in [4.78, 5) is 91.8. The van der Waals surface area contributed by atoms with Gasteiger partial charge in [-0.2, -0.15) is 0 Å². The van der Waals surface area contributed by atoms with Gasteiger partial charge in [-0.15, -0.1) is 5.10 Å². The molecule has 0 bridgehead atoms. The average Bonchev–Trinajstić information content (AvgIpc) is 1.60. The maximum atomic E-state index is 11.8. The molecule has 0 radical (unpaired) electrons. The van der Waals surface area contributed by atoms with Crippen molar-refractivity contribution >= 4 is 85.7 Å². The molecule has 3 N–H and O–H groups in total. The number of pyridine rings is 6. The van der Waals surface area contributed by atoms with Crippen molar-refractivity contribution in [2.75, 3.05) is 54.7 Å². The quantitative estimate of drug-likeness (QED) is 0.0762. The minimum absolute atomic E-state index is 0.123. The van der Waals surface area contributed by atoms with Gasteiger partial charge in [0, 0.05) is 100 Å². The number of hydrogen-bond acceptors (Lipinski definition) is 24. The van der Waals surface area contributed by atoms with Crippen LogP contribution in [0.3, 0.4) is 0 Å². The smallest absolute Gasteiger partial charge is 0.386 e. The molecular formula is C86H102Cl3N21O9. The van der Waals surface area contributed by atoms with Gasteiger partial charge in [0.15, 0.2) is 0 Å². The third-order valence-electron chi connectivity index (χ3n) is 26.4. The Balaban J connectivity index is 0.000000123. The van der Waals surface area contributed by atoms with Crippen molar-refractivity contribution in [3.05, 3.63) is 120 Å². The maximum absolute atomic E-state index is 11.8. The van der Waals surface area contributed by atoms with Crippen LogP contribution in [-0.4, -0.2) is 165 Å². The highest BCUT2D eigenvalue weighted by atomic mass is 35.5. The SMILES string of the molecule is CC1CCC(Cn2c(N3CCOC4CCCC43)nc3cc(-c4n[nH]c(=O)o4)nc(-c4cncc(Cl)c4)c32)CC1.CC1CCC(Cn2c(N3CCOC4CCCCC43)nc3cc(-c4noc(=O)[nH]4)nc(-c4cncc(Cl)c4)c32)CC1.COC(C)(C)[C@@H]1CCCN1c1nc2cc(-c3noc(=O)[nH]3)nc(-c3cncc(Cl)c3)c2n1CC1CCC(C)CC1. The number of imidazole rings is 3. The van der Waals surface area contributed by atoms with Gasteiger partial charge in [-0.25, -0.2) is 49.4 Å². The molecular weight excluding hydrogens is 1580 g/mol. The summed E-state index contributed by atoms with van der Waals surface area (Å²) in [5, 5.41) is 15.8.